The highest BCUT2D eigenvalue weighted by molar-refractivity contribution is 5.32. The lowest BCUT2D eigenvalue weighted by atomic mass is 9.32. The van der Waals surface area contributed by atoms with E-state index in [1.807, 2.05) is 0 Å². The van der Waals surface area contributed by atoms with Crippen LogP contribution in [0, 0.1) is 34.0 Å². The molecule has 8 aliphatic rings. The Morgan fingerprint density at radius 3 is 2.85 bits per heavy atom. The highest BCUT2D eigenvalue weighted by Gasteiger charge is 2.78. The minimum Gasteiger partial charge on any atom is -0.395 e. The van der Waals surface area contributed by atoms with Gasteiger partial charge in [-0.25, -0.2) is 0 Å². The van der Waals surface area contributed by atoms with E-state index in [4.69, 9.17) is 4.74 Å². The molecule has 0 aromatic rings. The third-order valence-corrected chi connectivity index (χ3v) is 10.1. The van der Waals surface area contributed by atoms with Gasteiger partial charge in [-0.3, -0.25) is 4.90 Å². The van der Waals surface area contributed by atoms with Crippen LogP contribution in [-0.4, -0.2) is 53.2 Å². The van der Waals surface area contributed by atoms with Gasteiger partial charge in [0.2, 0.25) is 0 Å². The second-order valence-corrected chi connectivity index (χ2v) is 10.7. The molecule has 7 bridgehead atoms. The summed E-state index contributed by atoms with van der Waals surface area (Å²) in [6.45, 7) is 8.80. The van der Waals surface area contributed by atoms with E-state index in [9.17, 15) is 10.2 Å². The van der Waals surface area contributed by atoms with Crippen LogP contribution in [0.15, 0.2) is 12.2 Å². The predicted octanol–water partition coefficient (Wildman–Crippen LogP) is 2.55. The Hall–Kier alpha value is -0.420. The summed E-state index contributed by atoms with van der Waals surface area (Å²) in [5, 5.41) is 21.0. The van der Waals surface area contributed by atoms with Crippen LogP contribution in [0.2, 0.25) is 0 Å². The average Bonchev–Trinajstić information content (AvgIpc) is 2.63. The molecule has 0 amide bonds. The molecule has 5 aliphatic carbocycles. The number of aliphatic hydroxyl groups is 2. The Balaban J connectivity index is 1.53. The van der Waals surface area contributed by atoms with Crippen molar-refractivity contribution >= 4 is 0 Å². The lowest BCUT2D eigenvalue weighted by molar-refractivity contribution is -0.405. The summed E-state index contributed by atoms with van der Waals surface area (Å²) in [6, 6.07) is 0. The molecule has 3 saturated heterocycles. The minimum absolute atomic E-state index is 0.0840. The van der Waals surface area contributed by atoms with Crippen LogP contribution in [0.25, 0.3) is 0 Å². The molecule has 3 heterocycles. The number of ether oxygens (including phenoxy) is 1. The van der Waals surface area contributed by atoms with Crippen LogP contribution in [0.4, 0.5) is 0 Å². The molecular formula is C22H33NO3. The third kappa shape index (κ3) is 1.57. The van der Waals surface area contributed by atoms with E-state index in [0.29, 0.717) is 17.3 Å². The SMILES string of the molecule is C=C1[C@H]2CCC3(C(C2)[C@@]24CCC[C@@]5(C)CN(CCO)[C@@H]2O[C@@H]3CC54)[C@H]1O. The molecular weight excluding hydrogens is 326 g/mol. The van der Waals surface area contributed by atoms with Gasteiger partial charge in [0.15, 0.2) is 0 Å². The highest BCUT2D eigenvalue weighted by atomic mass is 16.5. The summed E-state index contributed by atoms with van der Waals surface area (Å²) in [5.41, 5.74) is 1.53. The Kier molecular flexibility index (Phi) is 3.14. The fourth-order valence-corrected chi connectivity index (χ4v) is 9.30. The molecule has 2 N–H and O–H groups in total. The van der Waals surface area contributed by atoms with E-state index in [-0.39, 0.29) is 35.9 Å². The molecule has 4 heteroatoms. The van der Waals surface area contributed by atoms with Crippen LogP contribution >= 0.6 is 0 Å². The second kappa shape index (κ2) is 4.94. The van der Waals surface area contributed by atoms with Crippen molar-refractivity contribution in [2.75, 3.05) is 19.7 Å². The molecule has 0 aromatic carbocycles. The number of piperidine rings is 1. The summed E-state index contributed by atoms with van der Waals surface area (Å²) in [6.07, 6.45) is 8.43. The topological polar surface area (TPSA) is 52.9 Å². The van der Waals surface area contributed by atoms with E-state index in [1.54, 1.807) is 0 Å². The number of rotatable bonds is 2. The van der Waals surface area contributed by atoms with Crippen LogP contribution in [-0.2, 0) is 4.74 Å². The molecule has 3 unspecified atom stereocenters. The van der Waals surface area contributed by atoms with Gasteiger partial charge in [-0.15, -0.1) is 0 Å². The summed E-state index contributed by atoms with van der Waals surface area (Å²) in [7, 11) is 0. The van der Waals surface area contributed by atoms with Gasteiger partial charge in [0.1, 0.15) is 6.23 Å². The molecule has 8 rings (SSSR count). The van der Waals surface area contributed by atoms with Crippen molar-refractivity contribution in [3.05, 3.63) is 12.2 Å². The fraction of sp³-hybridized carbons (Fsp3) is 0.909. The molecule has 144 valence electrons. The van der Waals surface area contributed by atoms with Crippen molar-refractivity contribution in [1.82, 2.24) is 4.90 Å². The van der Waals surface area contributed by atoms with Crippen molar-refractivity contribution in [3.63, 3.8) is 0 Å². The summed E-state index contributed by atoms with van der Waals surface area (Å²) < 4.78 is 6.86. The number of nitrogens with zero attached hydrogens (tertiary/aromatic N) is 1. The largest absolute Gasteiger partial charge is 0.395 e. The molecule has 2 spiro atoms. The smallest absolute Gasteiger partial charge is 0.117 e. The second-order valence-electron chi connectivity index (χ2n) is 10.7. The lowest BCUT2D eigenvalue weighted by Gasteiger charge is -2.79. The number of β-amino-alcohol motifs (C(OH)–C–C–N with tert-alkyl or cyclic N) is 1. The van der Waals surface area contributed by atoms with Crippen molar-refractivity contribution in [1.29, 1.82) is 0 Å². The van der Waals surface area contributed by atoms with E-state index in [1.165, 1.54) is 32.1 Å². The first-order valence-electron chi connectivity index (χ1n) is 10.8. The Bertz CT molecular complexity index is 666. The lowest BCUT2D eigenvalue weighted by Crippen LogP contribution is -2.82. The number of hydrogen-bond acceptors (Lipinski definition) is 4. The van der Waals surface area contributed by atoms with Gasteiger partial charge < -0.3 is 14.9 Å². The number of hydrogen-bond donors (Lipinski definition) is 2. The predicted molar refractivity (Wildman–Crippen MR) is 98.2 cm³/mol. The molecule has 26 heavy (non-hydrogen) atoms. The number of likely N-dealkylation sites (tertiary alicyclic amines) is 1. The zero-order valence-electron chi connectivity index (χ0n) is 16.0. The van der Waals surface area contributed by atoms with Crippen molar-refractivity contribution in [2.24, 2.45) is 34.0 Å². The maximum Gasteiger partial charge on any atom is 0.117 e. The molecule has 4 nitrogen and oxygen atoms in total. The third-order valence-electron chi connectivity index (χ3n) is 10.1. The maximum absolute atomic E-state index is 11.3. The number of fused-ring (bicyclic) bond motifs is 2. The first-order chi connectivity index (χ1) is 12.5. The summed E-state index contributed by atoms with van der Waals surface area (Å²) >= 11 is 0. The maximum atomic E-state index is 11.3. The normalized spacial score (nSPS) is 60.2. The first-order valence-corrected chi connectivity index (χ1v) is 10.8. The van der Waals surface area contributed by atoms with E-state index in [0.717, 1.165) is 37.4 Å². The van der Waals surface area contributed by atoms with Gasteiger partial charge in [0.25, 0.3) is 0 Å². The summed E-state index contributed by atoms with van der Waals surface area (Å²) in [4.78, 5) is 2.47. The van der Waals surface area contributed by atoms with Gasteiger partial charge in [0, 0.05) is 23.9 Å². The zero-order chi connectivity index (χ0) is 17.9. The van der Waals surface area contributed by atoms with Gasteiger partial charge in [-0.1, -0.05) is 19.9 Å². The molecule has 3 aliphatic heterocycles. The highest BCUT2D eigenvalue weighted by Crippen LogP contribution is 2.78. The zero-order valence-corrected chi connectivity index (χ0v) is 16.0. The molecule has 5 saturated carbocycles. The Morgan fingerprint density at radius 2 is 2.04 bits per heavy atom. The quantitative estimate of drug-likeness (QED) is 0.744. The van der Waals surface area contributed by atoms with E-state index in [2.05, 4.69) is 18.4 Å². The summed E-state index contributed by atoms with van der Waals surface area (Å²) in [5.74, 6) is 1.79. The van der Waals surface area contributed by atoms with Crippen molar-refractivity contribution < 1.29 is 14.9 Å². The Morgan fingerprint density at radius 1 is 1.19 bits per heavy atom. The van der Waals surface area contributed by atoms with Crippen LogP contribution in [0.1, 0.15) is 51.9 Å². The minimum atomic E-state index is -0.373. The van der Waals surface area contributed by atoms with E-state index < -0.39 is 0 Å². The molecule has 9 atom stereocenters. The van der Waals surface area contributed by atoms with Gasteiger partial charge in [0.05, 0.1) is 18.8 Å². The van der Waals surface area contributed by atoms with Crippen molar-refractivity contribution in [2.45, 2.75) is 70.3 Å². The van der Waals surface area contributed by atoms with Crippen LogP contribution in [0.3, 0.4) is 0 Å². The first kappa shape index (κ1) is 16.5. The van der Waals surface area contributed by atoms with Gasteiger partial charge in [-0.2, -0.15) is 0 Å². The van der Waals surface area contributed by atoms with Crippen molar-refractivity contribution in [3.8, 4) is 0 Å². The van der Waals surface area contributed by atoms with E-state index >= 15 is 0 Å². The standard InChI is InChI=1S/C22H33NO3/c1-13-14-4-7-22(18(13)25)16(10-14)21-6-3-5-20(2)12-23(8-9-24)19(21)26-17(22)11-15(20)21/h14-19,24-25H,1,3-12H2,2H3/t14-,15?,16?,17+,18-,19+,20-,21-,22?/m0/s1. The Labute approximate surface area is 156 Å². The molecule has 0 aromatic heterocycles. The van der Waals surface area contributed by atoms with Gasteiger partial charge in [-0.05, 0) is 67.3 Å². The fourth-order valence-electron chi connectivity index (χ4n) is 9.30. The van der Waals surface area contributed by atoms with Crippen LogP contribution < -0.4 is 0 Å². The van der Waals surface area contributed by atoms with Crippen LogP contribution in [0.5, 0.6) is 0 Å². The molecule has 8 fully saturated rings. The number of aliphatic hydroxyl groups excluding tert-OH is 2. The van der Waals surface area contributed by atoms with Gasteiger partial charge >= 0.3 is 0 Å². The monoisotopic (exact) mass is 359 g/mol. The average molecular weight is 360 g/mol. The molecule has 0 radical (unpaired) electrons.